The average Bonchev–Trinajstić information content (AvgIpc) is 2.12. The summed E-state index contributed by atoms with van der Waals surface area (Å²) in [7, 11) is 3.57. The van der Waals surface area contributed by atoms with Crippen LogP contribution >= 0.6 is 0 Å². The van der Waals surface area contributed by atoms with E-state index in [4.69, 9.17) is 0 Å². The zero-order valence-electron chi connectivity index (χ0n) is 8.60. The molecule has 0 aromatic rings. The molecule has 0 aromatic carbocycles. The number of hydroxylamine groups is 3. The predicted molar refractivity (Wildman–Crippen MR) is 51.6 cm³/mol. The summed E-state index contributed by atoms with van der Waals surface area (Å²) in [5, 5.41) is 11.9. The van der Waals surface area contributed by atoms with Crippen molar-refractivity contribution in [2.45, 2.75) is 51.0 Å². The number of quaternary nitrogens is 1. The zero-order chi connectivity index (χ0) is 9.24. The summed E-state index contributed by atoms with van der Waals surface area (Å²) in [4.78, 5) is 0. The minimum absolute atomic E-state index is 0.0174. The second kappa shape index (κ2) is 3.35. The van der Waals surface area contributed by atoms with E-state index in [9.17, 15) is 5.21 Å². The van der Waals surface area contributed by atoms with Crippen molar-refractivity contribution in [2.75, 3.05) is 14.1 Å². The fourth-order valence-corrected chi connectivity index (χ4v) is 2.03. The van der Waals surface area contributed by atoms with Gasteiger partial charge in [-0.15, -0.1) is 0 Å². The molecule has 0 spiro atoms. The van der Waals surface area contributed by atoms with Crippen molar-refractivity contribution >= 4 is 0 Å². The smallest absolute Gasteiger partial charge is 0.0957 e. The number of hydrogen-bond donors (Lipinski definition) is 0. The molecule has 2 heteroatoms. The van der Waals surface area contributed by atoms with E-state index in [0.717, 1.165) is 12.8 Å². The predicted octanol–water partition coefficient (Wildman–Crippen LogP) is 2.67. The van der Waals surface area contributed by atoms with E-state index in [1.54, 1.807) is 14.1 Å². The Balaban J connectivity index is 2.67. The Bertz CT molecular complexity index is 140. The van der Waals surface area contributed by atoms with Gasteiger partial charge >= 0.3 is 0 Å². The highest BCUT2D eigenvalue weighted by atomic mass is 16.5. The molecule has 0 saturated heterocycles. The lowest BCUT2D eigenvalue weighted by molar-refractivity contribution is -0.894. The van der Waals surface area contributed by atoms with Crippen LogP contribution in [0.15, 0.2) is 0 Å². The van der Waals surface area contributed by atoms with E-state index in [1.807, 2.05) is 0 Å². The van der Waals surface area contributed by atoms with E-state index in [0.29, 0.717) is 0 Å². The second-order valence-corrected chi connectivity index (χ2v) is 4.76. The van der Waals surface area contributed by atoms with Gasteiger partial charge in [-0.3, -0.25) is 0 Å². The van der Waals surface area contributed by atoms with Crippen LogP contribution in [0.4, 0.5) is 0 Å². The summed E-state index contributed by atoms with van der Waals surface area (Å²) in [6, 6.07) is 0. The Hall–Kier alpha value is -0.0800. The summed E-state index contributed by atoms with van der Waals surface area (Å²) in [6.45, 7) is 2.14. The summed E-state index contributed by atoms with van der Waals surface area (Å²) >= 11 is 0. The fraction of sp³-hybridized carbons (Fsp3) is 1.00. The van der Waals surface area contributed by atoms with E-state index in [2.05, 4.69) is 6.92 Å². The van der Waals surface area contributed by atoms with Gasteiger partial charge in [-0.2, -0.15) is 0 Å². The maximum atomic E-state index is 11.9. The Kier molecular flexibility index (Phi) is 2.79. The highest BCUT2D eigenvalue weighted by Crippen LogP contribution is 2.34. The molecule has 0 unspecified atom stereocenters. The molecule has 0 aromatic heterocycles. The van der Waals surface area contributed by atoms with Gasteiger partial charge < -0.3 is 9.85 Å². The number of rotatable bonds is 1. The number of nitrogens with zero attached hydrogens (tertiary/aromatic N) is 1. The van der Waals surface area contributed by atoms with Gasteiger partial charge in [0.1, 0.15) is 0 Å². The normalized spacial score (nSPS) is 25.0. The highest BCUT2D eigenvalue weighted by Gasteiger charge is 2.35. The topological polar surface area (TPSA) is 23.1 Å². The third-order valence-electron chi connectivity index (χ3n) is 3.48. The van der Waals surface area contributed by atoms with Crippen LogP contribution in [-0.4, -0.2) is 24.3 Å². The van der Waals surface area contributed by atoms with Crippen molar-refractivity contribution in [3.8, 4) is 0 Å². The van der Waals surface area contributed by atoms with Crippen LogP contribution in [0.25, 0.3) is 0 Å². The van der Waals surface area contributed by atoms with Gasteiger partial charge in [-0.25, -0.2) is 0 Å². The lowest BCUT2D eigenvalue weighted by atomic mass is 9.91. The standard InChI is InChI=1S/C10H21NO/c1-10(11(2,3)12)8-6-4-5-7-9-10/h4-9H2,1-3H3. The van der Waals surface area contributed by atoms with Crippen LogP contribution < -0.4 is 0 Å². The monoisotopic (exact) mass is 171 g/mol. The van der Waals surface area contributed by atoms with Crippen LogP contribution in [0.2, 0.25) is 0 Å². The molecule has 1 fully saturated rings. The number of hydrogen-bond acceptors (Lipinski definition) is 1. The van der Waals surface area contributed by atoms with Crippen molar-refractivity contribution in [3.05, 3.63) is 5.21 Å². The average molecular weight is 171 g/mol. The van der Waals surface area contributed by atoms with Gasteiger partial charge in [-0.05, 0) is 19.8 Å². The molecule has 0 N–H and O–H groups in total. The Morgan fingerprint density at radius 2 is 1.42 bits per heavy atom. The fourth-order valence-electron chi connectivity index (χ4n) is 2.03. The van der Waals surface area contributed by atoms with E-state index < -0.39 is 0 Å². The molecule has 12 heavy (non-hydrogen) atoms. The van der Waals surface area contributed by atoms with E-state index >= 15 is 0 Å². The zero-order valence-corrected chi connectivity index (χ0v) is 8.60. The van der Waals surface area contributed by atoms with Crippen LogP contribution in [0, 0.1) is 5.21 Å². The van der Waals surface area contributed by atoms with Crippen molar-refractivity contribution in [1.82, 2.24) is 0 Å². The molecule has 0 atom stereocenters. The van der Waals surface area contributed by atoms with Crippen molar-refractivity contribution in [3.63, 3.8) is 0 Å². The molecule has 0 bridgehead atoms. The van der Waals surface area contributed by atoms with Crippen molar-refractivity contribution in [2.24, 2.45) is 0 Å². The van der Waals surface area contributed by atoms with E-state index in [1.165, 1.54) is 25.7 Å². The first-order valence-corrected chi connectivity index (χ1v) is 5.01. The van der Waals surface area contributed by atoms with Gasteiger partial charge in [0.25, 0.3) is 0 Å². The first kappa shape index (κ1) is 10.0. The van der Waals surface area contributed by atoms with Gasteiger partial charge in [-0.1, -0.05) is 12.8 Å². The molecule has 0 amide bonds. The quantitative estimate of drug-likeness (QED) is 0.338. The molecule has 1 aliphatic carbocycles. The van der Waals surface area contributed by atoms with Crippen LogP contribution in [0.5, 0.6) is 0 Å². The van der Waals surface area contributed by atoms with Gasteiger partial charge in [0.15, 0.2) is 0 Å². The third-order valence-corrected chi connectivity index (χ3v) is 3.48. The summed E-state index contributed by atoms with van der Waals surface area (Å²) in [5.74, 6) is 0. The first-order valence-electron chi connectivity index (χ1n) is 5.01. The maximum Gasteiger partial charge on any atom is 0.0957 e. The molecule has 2 nitrogen and oxygen atoms in total. The van der Waals surface area contributed by atoms with Crippen molar-refractivity contribution < 1.29 is 4.65 Å². The van der Waals surface area contributed by atoms with Gasteiger partial charge in [0, 0.05) is 12.8 Å². The molecule has 1 aliphatic rings. The van der Waals surface area contributed by atoms with Crippen LogP contribution in [0.3, 0.4) is 0 Å². The Morgan fingerprint density at radius 1 is 1.00 bits per heavy atom. The van der Waals surface area contributed by atoms with Crippen LogP contribution in [-0.2, 0) is 0 Å². The minimum atomic E-state index is -0.118. The van der Waals surface area contributed by atoms with Gasteiger partial charge in [0.05, 0.1) is 19.6 Å². The molecule has 0 radical (unpaired) electrons. The maximum absolute atomic E-state index is 11.9. The highest BCUT2D eigenvalue weighted by molar-refractivity contribution is 4.78. The Labute approximate surface area is 75.7 Å². The van der Waals surface area contributed by atoms with E-state index in [-0.39, 0.29) is 10.2 Å². The summed E-state index contributed by atoms with van der Waals surface area (Å²) in [6.07, 6.45) is 7.30. The third kappa shape index (κ3) is 1.99. The Morgan fingerprint density at radius 3 is 1.75 bits per heavy atom. The molecular formula is C10H21NO. The van der Waals surface area contributed by atoms with Crippen molar-refractivity contribution in [1.29, 1.82) is 0 Å². The molecule has 72 valence electrons. The molecular weight excluding hydrogens is 150 g/mol. The molecule has 0 aliphatic heterocycles. The second-order valence-electron chi connectivity index (χ2n) is 4.76. The lowest BCUT2D eigenvalue weighted by Crippen LogP contribution is -2.53. The first-order chi connectivity index (χ1) is 5.46. The molecule has 0 heterocycles. The molecule has 1 saturated carbocycles. The minimum Gasteiger partial charge on any atom is -0.633 e. The molecule has 1 rings (SSSR count). The SMILES string of the molecule is CC1([N+](C)(C)[O-])CCCCCC1. The van der Waals surface area contributed by atoms with Crippen LogP contribution in [0.1, 0.15) is 45.4 Å². The summed E-state index contributed by atoms with van der Waals surface area (Å²) < 4.78 is -0.118. The van der Waals surface area contributed by atoms with Gasteiger partial charge in [0.2, 0.25) is 0 Å². The summed E-state index contributed by atoms with van der Waals surface area (Å²) in [5.41, 5.74) is -0.0174. The lowest BCUT2D eigenvalue weighted by Gasteiger charge is -2.50. The largest absolute Gasteiger partial charge is 0.633 e.